The van der Waals surface area contributed by atoms with Gasteiger partial charge >= 0.3 is 0 Å². The molecule has 1 fully saturated rings. The molecule has 3 atom stereocenters. The Kier molecular flexibility index (Phi) is 5.88. The fraction of sp³-hybridized carbons (Fsp3) is 0.929. The first-order valence-corrected chi connectivity index (χ1v) is 7.76. The van der Waals surface area contributed by atoms with Gasteiger partial charge in [-0.1, -0.05) is 27.7 Å². The van der Waals surface area contributed by atoms with Gasteiger partial charge in [0.15, 0.2) is 0 Å². The Morgan fingerprint density at radius 3 is 2.50 bits per heavy atom. The average molecular weight is 242 g/mol. The number of thioether (sulfide) groups is 1. The molecule has 0 N–H and O–H groups in total. The van der Waals surface area contributed by atoms with E-state index >= 15 is 0 Å². The zero-order valence-corrected chi connectivity index (χ0v) is 12.0. The molecule has 0 aromatic rings. The number of hydrogen-bond acceptors (Lipinski definition) is 2. The summed E-state index contributed by atoms with van der Waals surface area (Å²) < 4.78 is 0. The van der Waals surface area contributed by atoms with Crippen molar-refractivity contribution in [2.24, 2.45) is 23.7 Å². The van der Waals surface area contributed by atoms with Crippen LogP contribution in [0.3, 0.4) is 0 Å². The highest BCUT2D eigenvalue weighted by atomic mass is 32.2. The molecule has 1 aliphatic carbocycles. The van der Waals surface area contributed by atoms with Gasteiger partial charge in [-0.05, 0) is 42.8 Å². The molecule has 16 heavy (non-hydrogen) atoms. The van der Waals surface area contributed by atoms with Gasteiger partial charge in [0.05, 0.1) is 5.75 Å². The third kappa shape index (κ3) is 4.48. The predicted octanol–water partition coefficient (Wildman–Crippen LogP) is 4.02. The molecule has 0 aromatic heterocycles. The summed E-state index contributed by atoms with van der Waals surface area (Å²) in [4.78, 5) is 12.0. The summed E-state index contributed by atoms with van der Waals surface area (Å²) in [6.45, 7) is 9.04. The minimum Gasteiger partial charge on any atom is -0.298 e. The predicted molar refractivity (Wildman–Crippen MR) is 72.8 cm³/mol. The summed E-state index contributed by atoms with van der Waals surface area (Å²) in [5, 5.41) is 0. The van der Waals surface area contributed by atoms with E-state index in [-0.39, 0.29) is 0 Å². The van der Waals surface area contributed by atoms with Crippen molar-refractivity contribution < 1.29 is 4.79 Å². The number of ketones is 1. The van der Waals surface area contributed by atoms with Gasteiger partial charge in [0.25, 0.3) is 0 Å². The van der Waals surface area contributed by atoms with Crippen LogP contribution in [0.15, 0.2) is 0 Å². The molecule has 0 spiro atoms. The van der Waals surface area contributed by atoms with Crippen LogP contribution in [0.4, 0.5) is 0 Å². The van der Waals surface area contributed by atoms with E-state index in [1.807, 2.05) is 11.8 Å². The van der Waals surface area contributed by atoms with Crippen molar-refractivity contribution in [1.82, 2.24) is 0 Å². The highest BCUT2D eigenvalue weighted by Crippen LogP contribution is 2.34. The maximum absolute atomic E-state index is 12.0. The Balaban J connectivity index is 2.26. The lowest BCUT2D eigenvalue weighted by molar-refractivity contribution is -0.122. The number of Topliss-reactive ketones (excluding diaryl/α,β-unsaturated/α-hetero) is 1. The van der Waals surface area contributed by atoms with Crippen LogP contribution in [0.25, 0.3) is 0 Å². The molecular formula is C14H26OS. The Hall–Kier alpha value is 0.0200. The quantitative estimate of drug-likeness (QED) is 0.724. The van der Waals surface area contributed by atoms with Gasteiger partial charge in [-0.3, -0.25) is 4.79 Å². The largest absolute Gasteiger partial charge is 0.298 e. The van der Waals surface area contributed by atoms with E-state index in [4.69, 9.17) is 0 Å². The van der Waals surface area contributed by atoms with Crippen LogP contribution in [-0.4, -0.2) is 17.3 Å². The molecule has 1 nitrogen and oxygen atoms in total. The summed E-state index contributed by atoms with van der Waals surface area (Å²) >= 11 is 1.82. The van der Waals surface area contributed by atoms with E-state index in [0.29, 0.717) is 17.6 Å². The zero-order chi connectivity index (χ0) is 12.1. The van der Waals surface area contributed by atoms with Crippen LogP contribution in [0.2, 0.25) is 0 Å². The molecule has 0 bridgehead atoms. The van der Waals surface area contributed by atoms with E-state index in [1.54, 1.807) is 0 Å². The minimum absolute atomic E-state index is 0.367. The topological polar surface area (TPSA) is 17.1 Å². The van der Waals surface area contributed by atoms with Gasteiger partial charge in [0, 0.05) is 5.92 Å². The van der Waals surface area contributed by atoms with Crippen LogP contribution in [0, 0.1) is 23.7 Å². The minimum atomic E-state index is 0.367. The lowest BCUT2D eigenvalue weighted by Gasteiger charge is -2.31. The fourth-order valence-electron chi connectivity index (χ4n) is 2.35. The first kappa shape index (κ1) is 14.1. The summed E-state index contributed by atoms with van der Waals surface area (Å²) in [5.74, 6) is 4.97. The van der Waals surface area contributed by atoms with Crippen molar-refractivity contribution in [3.8, 4) is 0 Å². The lowest BCUT2D eigenvalue weighted by atomic mass is 9.74. The summed E-state index contributed by atoms with van der Waals surface area (Å²) in [6.07, 6.45) is 3.50. The molecule has 94 valence electrons. The zero-order valence-electron chi connectivity index (χ0n) is 11.2. The van der Waals surface area contributed by atoms with Gasteiger partial charge in [0.2, 0.25) is 0 Å². The van der Waals surface area contributed by atoms with Gasteiger partial charge < -0.3 is 0 Å². The Morgan fingerprint density at radius 1 is 1.25 bits per heavy atom. The third-order valence-corrected chi connectivity index (χ3v) is 5.14. The van der Waals surface area contributed by atoms with E-state index in [0.717, 1.165) is 36.2 Å². The molecule has 2 heteroatoms. The fourth-order valence-corrected chi connectivity index (χ4v) is 3.38. The maximum Gasteiger partial charge on any atom is 0.145 e. The molecule has 0 saturated heterocycles. The smallest absolute Gasteiger partial charge is 0.145 e. The molecule has 0 amide bonds. The van der Waals surface area contributed by atoms with E-state index in [9.17, 15) is 4.79 Å². The SMILES string of the molecule is CC(C)CSCC(=O)C1CCC(C)C(C)C1. The highest BCUT2D eigenvalue weighted by molar-refractivity contribution is 7.99. The number of carbonyl (C=O) groups excluding carboxylic acids is 1. The van der Waals surface area contributed by atoms with Crippen molar-refractivity contribution in [2.75, 3.05) is 11.5 Å². The Labute approximate surface area is 105 Å². The summed E-state index contributed by atoms with van der Waals surface area (Å²) in [7, 11) is 0. The Morgan fingerprint density at radius 2 is 1.94 bits per heavy atom. The van der Waals surface area contributed by atoms with E-state index < -0.39 is 0 Å². The third-order valence-electron chi connectivity index (χ3n) is 3.75. The highest BCUT2D eigenvalue weighted by Gasteiger charge is 2.28. The van der Waals surface area contributed by atoms with Gasteiger partial charge in [-0.25, -0.2) is 0 Å². The molecular weight excluding hydrogens is 216 g/mol. The van der Waals surface area contributed by atoms with Crippen molar-refractivity contribution >= 4 is 17.5 Å². The van der Waals surface area contributed by atoms with Crippen LogP contribution in [0.1, 0.15) is 47.0 Å². The summed E-state index contributed by atoms with van der Waals surface area (Å²) in [6, 6.07) is 0. The van der Waals surface area contributed by atoms with Crippen molar-refractivity contribution in [1.29, 1.82) is 0 Å². The second-order valence-electron chi connectivity index (χ2n) is 5.84. The van der Waals surface area contributed by atoms with Crippen molar-refractivity contribution in [2.45, 2.75) is 47.0 Å². The first-order chi connectivity index (χ1) is 7.50. The molecule has 1 aliphatic rings. The van der Waals surface area contributed by atoms with Gasteiger partial charge in [-0.2, -0.15) is 11.8 Å². The van der Waals surface area contributed by atoms with Crippen molar-refractivity contribution in [3.63, 3.8) is 0 Å². The average Bonchev–Trinajstić information content (AvgIpc) is 2.21. The molecule has 0 radical (unpaired) electrons. The molecule has 0 aromatic carbocycles. The van der Waals surface area contributed by atoms with E-state index in [1.165, 1.54) is 6.42 Å². The normalized spacial score (nSPS) is 30.7. The lowest BCUT2D eigenvalue weighted by Crippen LogP contribution is -2.27. The van der Waals surface area contributed by atoms with Gasteiger partial charge in [0.1, 0.15) is 5.78 Å². The molecule has 1 rings (SSSR count). The Bertz CT molecular complexity index is 225. The number of rotatable bonds is 5. The second kappa shape index (κ2) is 6.68. The summed E-state index contributed by atoms with van der Waals surface area (Å²) in [5.41, 5.74) is 0. The number of hydrogen-bond donors (Lipinski definition) is 0. The van der Waals surface area contributed by atoms with Crippen LogP contribution in [-0.2, 0) is 4.79 Å². The maximum atomic E-state index is 12.0. The first-order valence-electron chi connectivity index (χ1n) is 6.61. The second-order valence-corrected chi connectivity index (χ2v) is 6.87. The molecule has 0 heterocycles. The van der Waals surface area contributed by atoms with Crippen LogP contribution in [0.5, 0.6) is 0 Å². The van der Waals surface area contributed by atoms with Crippen LogP contribution >= 0.6 is 11.8 Å². The number of carbonyl (C=O) groups is 1. The monoisotopic (exact) mass is 242 g/mol. The molecule has 1 saturated carbocycles. The molecule has 0 aliphatic heterocycles. The van der Waals surface area contributed by atoms with Crippen LogP contribution < -0.4 is 0 Å². The molecule has 3 unspecified atom stereocenters. The van der Waals surface area contributed by atoms with Gasteiger partial charge in [-0.15, -0.1) is 0 Å². The standard InChI is InChI=1S/C14H26OS/c1-10(2)8-16-9-14(15)13-6-5-11(3)12(4)7-13/h10-13H,5-9H2,1-4H3. The van der Waals surface area contributed by atoms with E-state index in [2.05, 4.69) is 27.7 Å². The van der Waals surface area contributed by atoms with Crippen molar-refractivity contribution in [3.05, 3.63) is 0 Å².